The fourth-order valence-electron chi connectivity index (χ4n) is 1.61. The summed E-state index contributed by atoms with van der Waals surface area (Å²) < 4.78 is 5.38. The minimum absolute atomic E-state index is 0.408. The molecule has 0 N–H and O–H groups in total. The van der Waals surface area contributed by atoms with Crippen molar-refractivity contribution in [2.75, 3.05) is 26.3 Å². The van der Waals surface area contributed by atoms with Crippen LogP contribution in [0.25, 0.3) is 0 Å². The molecule has 0 saturated carbocycles. The summed E-state index contributed by atoms with van der Waals surface area (Å²) in [6.07, 6.45) is 0. The lowest BCUT2D eigenvalue weighted by Gasteiger charge is -2.37. The van der Waals surface area contributed by atoms with Crippen molar-refractivity contribution in [3.8, 4) is 0 Å². The first-order valence-electron chi connectivity index (χ1n) is 4.81. The molecule has 12 heavy (non-hydrogen) atoms. The molecule has 1 aliphatic heterocycles. The van der Waals surface area contributed by atoms with Crippen LogP contribution in [-0.2, 0) is 4.74 Å². The predicted molar refractivity (Wildman–Crippen MR) is 51.3 cm³/mol. The van der Waals surface area contributed by atoms with Crippen molar-refractivity contribution in [1.82, 2.24) is 4.90 Å². The Morgan fingerprint density at radius 3 is 2.58 bits per heavy atom. The molecular formula is C10H21NO. The fraction of sp³-hybridized carbons (Fsp3) is 1.00. The Morgan fingerprint density at radius 2 is 2.08 bits per heavy atom. The summed E-state index contributed by atoms with van der Waals surface area (Å²) in [5, 5.41) is 0. The average molecular weight is 171 g/mol. The number of morpholine rings is 1. The van der Waals surface area contributed by atoms with Gasteiger partial charge in [0.1, 0.15) is 0 Å². The highest BCUT2D eigenvalue weighted by molar-refractivity contribution is 4.76. The van der Waals surface area contributed by atoms with Crippen LogP contribution in [0.15, 0.2) is 0 Å². The predicted octanol–water partition coefficient (Wildman–Crippen LogP) is 1.75. The zero-order chi connectivity index (χ0) is 9.19. The third kappa shape index (κ3) is 3.11. The van der Waals surface area contributed by atoms with Gasteiger partial charge in [-0.3, -0.25) is 4.90 Å². The van der Waals surface area contributed by atoms with Crippen LogP contribution in [0.5, 0.6) is 0 Å². The van der Waals surface area contributed by atoms with Crippen molar-refractivity contribution >= 4 is 0 Å². The summed E-state index contributed by atoms with van der Waals surface area (Å²) >= 11 is 0. The maximum atomic E-state index is 5.38. The van der Waals surface area contributed by atoms with Crippen LogP contribution in [0.1, 0.15) is 27.7 Å². The van der Waals surface area contributed by atoms with Gasteiger partial charge in [0.15, 0.2) is 0 Å². The van der Waals surface area contributed by atoms with Crippen LogP contribution in [-0.4, -0.2) is 37.2 Å². The van der Waals surface area contributed by atoms with Gasteiger partial charge in [-0.1, -0.05) is 20.8 Å². The van der Waals surface area contributed by atoms with Crippen LogP contribution in [0, 0.1) is 5.41 Å². The summed E-state index contributed by atoms with van der Waals surface area (Å²) in [6.45, 7) is 13.2. The molecule has 1 fully saturated rings. The van der Waals surface area contributed by atoms with Gasteiger partial charge in [-0.05, 0) is 12.3 Å². The summed E-state index contributed by atoms with van der Waals surface area (Å²) in [4.78, 5) is 2.52. The maximum absolute atomic E-state index is 5.38. The van der Waals surface area contributed by atoms with Gasteiger partial charge in [0.05, 0.1) is 13.2 Å². The van der Waals surface area contributed by atoms with E-state index in [4.69, 9.17) is 4.74 Å². The van der Waals surface area contributed by atoms with E-state index in [2.05, 4.69) is 32.6 Å². The first-order valence-corrected chi connectivity index (χ1v) is 4.81. The van der Waals surface area contributed by atoms with Gasteiger partial charge in [-0.15, -0.1) is 0 Å². The average Bonchev–Trinajstić information content (AvgIpc) is 1.91. The second-order valence-corrected chi connectivity index (χ2v) is 4.96. The summed E-state index contributed by atoms with van der Waals surface area (Å²) in [7, 11) is 0. The minimum atomic E-state index is 0.408. The zero-order valence-corrected chi connectivity index (χ0v) is 8.76. The molecule has 0 spiro atoms. The molecule has 1 heterocycles. The van der Waals surface area contributed by atoms with Gasteiger partial charge >= 0.3 is 0 Å². The number of ether oxygens (including phenoxy) is 1. The molecule has 0 aromatic heterocycles. The molecule has 0 aromatic carbocycles. The molecule has 1 saturated heterocycles. The van der Waals surface area contributed by atoms with Gasteiger partial charge < -0.3 is 4.74 Å². The van der Waals surface area contributed by atoms with Crippen molar-refractivity contribution < 1.29 is 4.74 Å². The summed E-state index contributed by atoms with van der Waals surface area (Å²) in [5.41, 5.74) is 0.408. The Morgan fingerprint density at radius 1 is 1.42 bits per heavy atom. The second kappa shape index (κ2) is 3.75. The normalized spacial score (nSPS) is 27.5. The van der Waals surface area contributed by atoms with Gasteiger partial charge in [0.25, 0.3) is 0 Å². The summed E-state index contributed by atoms with van der Waals surface area (Å²) in [5.74, 6) is 0. The Balaban J connectivity index is 2.39. The molecule has 0 aliphatic carbocycles. The van der Waals surface area contributed by atoms with Crippen LogP contribution in [0.4, 0.5) is 0 Å². The number of hydrogen-bond donors (Lipinski definition) is 0. The van der Waals surface area contributed by atoms with E-state index in [0.717, 1.165) is 19.8 Å². The molecule has 2 heteroatoms. The van der Waals surface area contributed by atoms with E-state index in [9.17, 15) is 0 Å². The quantitative estimate of drug-likeness (QED) is 0.596. The van der Waals surface area contributed by atoms with E-state index >= 15 is 0 Å². The Bertz CT molecular complexity index is 139. The lowest BCUT2D eigenvalue weighted by molar-refractivity contribution is -0.0138. The Kier molecular flexibility index (Phi) is 3.13. The SMILES string of the molecule is C[C@H]1COCCN1CC(C)(C)C. The molecule has 1 rings (SSSR count). The lowest BCUT2D eigenvalue weighted by atomic mass is 9.95. The first kappa shape index (κ1) is 10.0. The Labute approximate surface area is 75.9 Å². The van der Waals surface area contributed by atoms with Gasteiger partial charge in [-0.25, -0.2) is 0 Å². The fourth-order valence-corrected chi connectivity index (χ4v) is 1.61. The molecule has 72 valence electrons. The van der Waals surface area contributed by atoms with Crippen molar-refractivity contribution in [3.05, 3.63) is 0 Å². The minimum Gasteiger partial charge on any atom is -0.379 e. The highest BCUT2D eigenvalue weighted by Gasteiger charge is 2.23. The molecular weight excluding hydrogens is 150 g/mol. The molecule has 0 unspecified atom stereocenters. The van der Waals surface area contributed by atoms with Crippen molar-refractivity contribution in [2.45, 2.75) is 33.7 Å². The first-order chi connectivity index (χ1) is 5.49. The molecule has 0 bridgehead atoms. The van der Waals surface area contributed by atoms with E-state index in [1.54, 1.807) is 0 Å². The van der Waals surface area contributed by atoms with Crippen LogP contribution < -0.4 is 0 Å². The topological polar surface area (TPSA) is 12.5 Å². The largest absolute Gasteiger partial charge is 0.379 e. The standard InChI is InChI=1S/C10H21NO/c1-9-7-12-6-5-11(9)8-10(2,3)4/h9H,5-8H2,1-4H3/t9-/m0/s1. The highest BCUT2D eigenvalue weighted by atomic mass is 16.5. The number of hydrogen-bond acceptors (Lipinski definition) is 2. The second-order valence-electron chi connectivity index (χ2n) is 4.96. The van der Waals surface area contributed by atoms with Crippen molar-refractivity contribution in [3.63, 3.8) is 0 Å². The third-order valence-electron chi connectivity index (χ3n) is 2.18. The van der Waals surface area contributed by atoms with Crippen LogP contribution in [0.3, 0.4) is 0 Å². The molecule has 1 atom stereocenters. The van der Waals surface area contributed by atoms with E-state index in [1.165, 1.54) is 6.54 Å². The summed E-state index contributed by atoms with van der Waals surface area (Å²) in [6, 6.07) is 0.595. The highest BCUT2D eigenvalue weighted by Crippen LogP contribution is 2.18. The number of nitrogens with zero attached hydrogens (tertiary/aromatic N) is 1. The lowest BCUT2D eigenvalue weighted by Crippen LogP contribution is -2.47. The van der Waals surface area contributed by atoms with Gasteiger partial charge in [-0.2, -0.15) is 0 Å². The number of rotatable bonds is 1. The smallest absolute Gasteiger partial charge is 0.0619 e. The Hall–Kier alpha value is -0.0800. The van der Waals surface area contributed by atoms with Crippen molar-refractivity contribution in [2.24, 2.45) is 5.41 Å². The van der Waals surface area contributed by atoms with E-state index in [-0.39, 0.29) is 0 Å². The third-order valence-corrected chi connectivity index (χ3v) is 2.18. The molecule has 0 amide bonds. The molecule has 2 nitrogen and oxygen atoms in total. The zero-order valence-electron chi connectivity index (χ0n) is 8.76. The van der Waals surface area contributed by atoms with Gasteiger partial charge in [0, 0.05) is 19.1 Å². The van der Waals surface area contributed by atoms with Crippen LogP contribution in [0.2, 0.25) is 0 Å². The maximum Gasteiger partial charge on any atom is 0.0619 e. The molecule has 1 aliphatic rings. The van der Waals surface area contributed by atoms with Crippen molar-refractivity contribution in [1.29, 1.82) is 0 Å². The monoisotopic (exact) mass is 171 g/mol. The molecule has 0 aromatic rings. The van der Waals surface area contributed by atoms with E-state index < -0.39 is 0 Å². The van der Waals surface area contributed by atoms with Crippen LogP contribution >= 0.6 is 0 Å². The van der Waals surface area contributed by atoms with E-state index in [0.29, 0.717) is 11.5 Å². The van der Waals surface area contributed by atoms with E-state index in [1.807, 2.05) is 0 Å². The molecule has 0 radical (unpaired) electrons. The van der Waals surface area contributed by atoms with Gasteiger partial charge in [0.2, 0.25) is 0 Å².